The maximum absolute atomic E-state index is 13.1. The van der Waals surface area contributed by atoms with Crippen molar-refractivity contribution in [3.05, 3.63) is 63.1 Å². The van der Waals surface area contributed by atoms with Crippen LogP contribution in [0.4, 0.5) is 11.4 Å². The van der Waals surface area contributed by atoms with E-state index in [0.29, 0.717) is 11.3 Å². The van der Waals surface area contributed by atoms with Gasteiger partial charge < -0.3 is 9.80 Å². The monoisotopic (exact) mass is 384 g/mol. The molecule has 0 aliphatic carbocycles. The van der Waals surface area contributed by atoms with E-state index < -0.39 is 4.92 Å². The summed E-state index contributed by atoms with van der Waals surface area (Å²) in [6.07, 6.45) is 0. The summed E-state index contributed by atoms with van der Waals surface area (Å²) in [5.74, 6) is -0.283. The van der Waals surface area contributed by atoms with E-state index in [1.54, 1.807) is 48.3 Å². The highest BCUT2D eigenvalue weighted by atomic mass is 32.1. The molecule has 0 N–H and O–H groups in total. The molecule has 140 valence electrons. The van der Waals surface area contributed by atoms with Gasteiger partial charge in [0.2, 0.25) is 0 Å². The van der Waals surface area contributed by atoms with Crippen molar-refractivity contribution < 1.29 is 9.72 Å². The molecular formula is C19H20N4O3S. The van der Waals surface area contributed by atoms with Crippen LogP contribution in [0.3, 0.4) is 0 Å². The van der Waals surface area contributed by atoms with E-state index in [0.717, 1.165) is 15.2 Å². The van der Waals surface area contributed by atoms with Crippen LogP contribution in [0.25, 0.3) is 10.2 Å². The lowest BCUT2D eigenvalue weighted by Crippen LogP contribution is -2.31. The zero-order valence-electron chi connectivity index (χ0n) is 15.5. The van der Waals surface area contributed by atoms with Gasteiger partial charge >= 0.3 is 0 Å². The number of nitro groups is 1. The van der Waals surface area contributed by atoms with Crippen molar-refractivity contribution in [3.8, 4) is 0 Å². The van der Waals surface area contributed by atoms with Gasteiger partial charge in [0, 0.05) is 39.0 Å². The number of fused-ring (bicyclic) bond motifs is 1. The number of carbonyl (C=O) groups excluding carboxylic acids is 1. The van der Waals surface area contributed by atoms with Crippen LogP contribution in [-0.2, 0) is 0 Å². The van der Waals surface area contributed by atoms with E-state index >= 15 is 0 Å². The van der Waals surface area contributed by atoms with E-state index in [1.165, 1.54) is 12.1 Å². The maximum atomic E-state index is 13.1. The molecule has 0 aliphatic heterocycles. The number of hydrogen-bond donors (Lipinski definition) is 0. The molecule has 0 spiro atoms. The Bertz CT molecular complexity index is 982. The van der Waals surface area contributed by atoms with Crippen molar-refractivity contribution in [1.29, 1.82) is 0 Å². The van der Waals surface area contributed by atoms with Gasteiger partial charge in [0.15, 0.2) is 0 Å². The average molecular weight is 384 g/mol. The van der Waals surface area contributed by atoms with Crippen molar-refractivity contribution in [1.82, 2.24) is 9.88 Å². The molecule has 3 rings (SSSR count). The van der Waals surface area contributed by atoms with E-state index in [2.05, 4.69) is 4.98 Å². The number of thiazole rings is 1. The number of nitrogens with zero attached hydrogens (tertiary/aromatic N) is 4. The van der Waals surface area contributed by atoms with Crippen molar-refractivity contribution in [2.24, 2.45) is 0 Å². The Hall–Kier alpha value is -3.00. The SMILES string of the molecule is C[C@@H](c1nc2ccccc2s1)N(C)C(=O)c1cc([N+](=O)[O-])ccc1N(C)C. The zero-order chi connectivity index (χ0) is 19.7. The van der Waals surface area contributed by atoms with Crippen LogP contribution in [0, 0.1) is 10.1 Å². The molecule has 1 heterocycles. The Morgan fingerprint density at radius 1 is 1.19 bits per heavy atom. The first-order chi connectivity index (χ1) is 12.8. The molecule has 8 heteroatoms. The molecule has 0 saturated carbocycles. The smallest absolute Gasteiger partial charge is 0.270 e. The van der Waals surface area contributed by atoms with Gasteiger partial charge in [-0.05, 0) is 25.1 Å². The fraction of sp³-hybridized carbons (Fsp3) is 0.263. The third kappa shape index (κ3) is 3.61. The largest absolute Gasteiger partial charge is 0.377 e. The molecule has 0 bridgehead atoms. The minimum Gasteiger partial charge on any atom is -0.377 e. The van der Waals surface area contributed by atoms with Gasteiger partial charge in [0.25, 0.3) is 11.6 Å². The Kier molecular flexibility index (Phi) is 5.09. The molecule has 2 aromatic carbocycles. The number of aromatic nitrogens is 1. The number of benzene rings is 2. The molecule has 0 radical (unpaired) electrons. The van der Waals surface area contributed by atoms with Crippen LogP contribution < -0.4 is 4.90 Å². The van der Waals surface area contributed by atoms with Crippen LogP contribution in [-0.4, -0.2) is 41.9 Å². The Morgan fingerprint density at radius 3 is 2.52 bits per heavy atom. The number of non-ortho nitro benzene ring substituents is 1. The summed E-state index contributed by atoms with van der Waals surface area (Å²) in [7, 11) is 5.29. The highest BCUT2D eigenvalue weighted by Crippen LogP contribution is 2.31. The second kappa shape index (κ2) is 7.32. The lowest BCUT2D eigenvalue weighted by Gasteiger charge is -2.25. The third-order valence-corrected chi connectivity index (χ3v) is 5.68. The molecular weight excluding hydrogens is 364 g/mol. The number of hydrogen-bond acceptors (Lipinski definition) is 6. The van der Waals surface area contributed by atoms with Gasteiger partial charge in [0.05, 0.1) is 26.7 Å². The number of rotatable bonds is 5. The Morgan fingerprint density at radius 2 is 1.89 bits per heavy atom. The summed E-state index contributed by atoms with van der Waals surface area (Å²) in [5.41, 5.74) is 1.72. The van der Waals surface area contributed by atoms with Gasteiger partial charge in [-0.25, -0.2) is 4.98 Å². The van der Waals surface area contributed by atoms with Gasteiger partial charge in [-0.1, -0.05) is 12.1 Å². The second-order valence-corrected chi connectivity index (χ2v) is 7.53. The topological polar surface area (TPSA) is 79.6 Å². The molecule has 7 nitrogen and oxygen atoms in total. The molecule has 0 unspecified atom stereocenters. The normalized spacial score (nSPS) is 12.0. The summed E-state index contributed by atoms with van der Waals surface area (Å²) in [6, 6.07) is 11.9. The average Bonchev–Trinajstić information content (AvgIpc) is 3.09. The molecule has 27 heavy (non-hydrogen) atoms. The molecule has 0 fully saturated rings. The first-order valence-corrected chi connectivity index (χ1v) is 9.19. The lowest BCUT2D eigenvalue weighted by atomic mass is 10.1. The number of anilines is 1. The van der Waals surface area contributed by atoms with Gasteiger partial charge in [0.1, 0.15) is 5.01 Å². The zero-order valence-corrected chi connectivity index (χ0v) is 16.4. The Labute approximate surface area is 161 Å². The number of amides is 1. The maximum Gasteiger partial charge on any atom is 0.270 e. The standard InChI is InChI=1S/C19H20N4O3S/c1-12(18-20-15-7-5-6-8-17(15)27-18)22(4)19(24)14-11-13(23(25)26)9-10-16(14)21(2)3/h5-12H,1-4H3/t12-/m0/s1. The summed E-state index contributed by atoms with van der Waals surface area (Å²) in [6.45, 7) is 1.91. The first-order valence-electron chi connectivity index (χ1n) is 8.38. The minimum atomic E-state index is -0.493. The third-order valence-electron chi connectivity index (χ3n) is 4.47. The summed E-state index contributed by atoms with van der Waals surface area (Å²) in [4.78, 5) is 31.7. The predicted molar refractivity (Wildman–Crippen MR) is 108 cm³/mol. The van der Waals surface area contributed by atoms with Crippen molar-refractivity contribution in [2.45, 2.75) is 13.0 Å². The fourth-order valence-electron chi connectivity index (χ4n) is 2.80. The van der Waals surface area contributed by atoms with Crippen LogP contribution in [0.1, 0.15) is 28.3 Å². The molecule has 1 amide bonds. The highest BCUT2D eigenvalue weighted by Gasteiger charge is 2.26. The lowest BCUT2D eigenvalue weighted by molar-refractivity contribution is -0.384. The molecule has 3 aromatic rings. The molecule has 0 aliphatic rings. The van der Waals surface area contributed by atoms with Crippen molar-refractivity contribution in [3.63, 3.8) is 0 Å². The van der Waals surface area contributed by atoms with Gasteiger partial charge in [-0.3, -0.25) is 14.9 Å². The molecule has 0 saturated heterocycles. The van der Waals surface area contributed by atoms with E-state index in [9.17, 15) is 14.9 Å². The molecule has 1 aromatic heterocycles. The van der Waals surface area contributed by atoms with E-state index in [4.69, 9.17) is 0 Å². The summed E-state index contributed by atoms with van der Waals surface area (Å²) >= 11 is 1.54. The molecule has 1 atom stereocenters. The Balaban J connectivity index is 1.96. The number of carbonyl (C=O) groups is 1. The predicted octanol–water partition coefficient (Wildman–Crippen LogP) is 4.10. The quantitative estimate of drug-likeness (QED) is 0.489. The first kappa shape index (κ1) is 18.8. The van der Waals surface area contributed by atoms with Crippen molar-refractivity contribution >= 4 is 38.8 Å². The van der Waals surface area contributed by atoms with Crippen LogP contribution in [0.15, 0.2) is 42.5 Å². The van der Waals surface area contributed by atoms with Crippen molar-refractivity contribution in [2.75, 3.05) is 26.0 Å². The summed E-state index contributed by atoms with van der Waals surface area (Å²) < 4.78 is 1.06. The van der Waals surface area contributed by atoms with E-state index in [1.807, 2.05) is 31.2 Å². The van der Waals surface area contributed by atoms with Crippen LogP contribution in [0.2, 0.25) is 0 Å². The van der Waals surface area contributed by atoms with E-state index in [-0.39, 0.29) is 17.6 Å². The minimum absolute atomic E-state index is 0.106. The number of para-hydroxylation sites is 1. The highest BCUT2D eigenvalue weighted by molar-refractivity contribution is 7.18. The number of nitro benzene ring substituents is 1. The van der Waals surface area contributed by atoms with Gasteiger partial charge in [-0.2, -0.15) is 0 Å². The van der Waals surface area contributed by atoms with Crippen LogP contribution in [0.5, 0.6) is 0 Å². The van der Waals surface area contributed by atoms with Crippen LogP contribution >= 0.6 is 11.3 Å². The summed E-state index contributed by atoms with van der Waals surface area (Å²) in [5, 5.41) is 12.0. The fourth-order valence-corrected chi connectivity index (χ4v) is 3.86. The van der Waals surface area contributed by atoms with Gasteiger partial charge in [-0.15, -0.1) is 11.3 Å². The second-order valence-electron chi connectivity index (χ2n) is 6.46.